The molecule has 3 heterocycles. The van der Waals surface area contributed by atoms with Gasteiger partial charge in [-0.15, -0.1) is 0 Å². The predicted octanol–water partition coefficient (Wildman–Crippen LogP) is 4.19. The fraction of sp³-hybridized carbons (Fsp3) is 0.286. The van der Waals surface area contributed by atoms with E-state index >= 15 is 0 Å². The second-order valence-electron chi connectivity index (χ2n) is 7.70. The van der Waals surface area contributed by atoms with Crippen LogP contribution in [0.3, 0.4) is 0 Å². The molecule has 4 aromatic rings. The van der Waals surface area contributed by atoms with E-state index in [1.54, 1.807) is 24.8 Å². The minimum absolute atomic E-state index is 0.0776. The minimum atomic E-state index is -0.0776. The highest BCUT2D eigenvalue weighted by atomic mass is 15.1. The maximum atomic E-state index is 4.68. The van der Waals surface area contributed by atoms with Gasteiger partial charge in [0.05, 0.1) is 28.6 Å². The van der Waals surface area contributed by atoms with Crippen LogP contribution in [0, 0.1) is 13.8 Å². The van der Waals surface area contributed by atoms with Gasteiger partial charge in [-0.1, -0.05) is 26.8 Å². The summed E-state index contributed by atoms with van der Waals surface area (Å²) in [6.07, 6.45) is 8.92. The molecule has 0 saturated heterocycles. The van der Waals surface area contributed by atoms with E-state index in [4.69, 9.17) is 0 Å². The number of nitrogens with zero attached hydrogens (tertiary/aromatic N) is 6. The van der Waals surface area contributed by atoms with E-state index in [1.165, 1.54) is 5.56 Å². The highest BCUT2D eigenvalue weighted by Crippen LogP contribution is 2.37. The van der Waals surface area contributed by atoms with E-state index in [0.717, 1.165) is 39.6 Å². The molecule has 0 aliphatic rings. The monoisotopic (exact) mass is 358 g/mol. The number of aromatic nitrogens is 6. The molecule has 0 unspecified atom stereocenters. The minimum Gasteiger partial charge on any atom is -0.282 e. The molecule has 6 nitrogen and oxygen atoms in total. The number of benzene rings is 1. The lowest BCUT2D eigenvalue weighted by molar-refractivity contribution is 0.592. The van der Waals surface area contributed by atoms with Crippen molar-refractivity contribution in [1.29, 1.82) is 0 Å². The first-order chi connectivity index (χ1) is 12.9. The molecule has 4 rings (SSSR count). The van der Waals surface area contributed by atoms with E-state index in [2.05, 4.69) is 51.8 Å². The molecule has 6 heteroatoms. The molecule has 0 fully saturated rings. The average molecular weight is 358 g/mol. The van der Waals surface area contributed by atoms with Crippen LogP contribution >= 0.6 is 0 Å². The first kappa shape index (κ1) is 17.3. The molecule has 0 aliphatic heterocycles. The summed E-state index contributed by atoms with van der Waals surface area (Å²) < 4.78 is 1.99. The first-order valence-corrected chi connectivity index (χ1v) is 8.95. The van der Waals surface area contributed by atoms with E-state index < -0.39 is 0 Å². The predicted molar refractivity (Wildman–Crippen MR) is 106 cm³/mol. The fourth-order valence-electron chi connectivity index (χ4n) is 3.38. The Hall–Kier alpha value is -3.15. The quantitative estimate of drug-likeness (QED) is 0.537. The molecule has 27 heavy (non-hydrogen) atoms. The topological polar surface area (TPSA) is 69.4 Å². The molecule has 0 N–H and O–H groups in total. The molecule has 0 saturated carbocycles. The van der Waals surface area contributed by atoms with Gasteiger partial charge < -0.3 is 0 Å². The molecule has 0 bridgehead atoms. The molecular weight excluding hydrogens is 336 g/mol. The number of hydrogen-bond acceptors (Lipinski definition) is 5. The smallest absolute Gasteiger partial charge is 0.159 e. The van der Waals surface area contributed by atoms with Gasteiger partial charge in [-0.05, 0) is 30.9 Å². The zero-order chi connectivity index (χ0) is 19.2. The molecule has 0 radical (unpaired) electrons. The van der Waals surface area contributed by atoms with Crippen molar-refractivity contribution in [3.63, 3.8) is 0 Å². The van der Waals surface area contributed by atoms with E-state index in [9.17, 15) is 0 Å². The van der Waals surface area contributed by atoms with Crippen LogP contribution in [0.5, 0.6) is 0 Å². The summed E-state index contributed by atoms with van der Waals surface area (Å²) in [5, 5.41) is 0. The summed E-state index contributed by atoms with van der Waals surface area (Å²) in [6.45, 7) is 10.5. The van der Waals surface area contributed by atoms with E-state index in [1.807, 2.05) is 30.7 Å². The summed E-state index contributed by atoms with van der Waals surface area (Å²) >= 11 is 0. The third-order valence-corrected chi connectivity index (χ3v) is 4.58. The summed E-state index contributed by atoms with van der Waals surface area (Å²) in [5.41, 5.74) is 5.52. The normalized spacial score (nSPS) is 11.9. The Morgan fingerprint density at radius 3 is 2.41 bits per heavy atom. The van der Waals surface area contributed by atoms with Crippen LogP contribution in [0.25, 0.3) is 28.2 Å². The summed E-state index contributed by atoms with van der Waals surface area (Å²) in [6, 6.07) is 4.15. The van der Waals surface area contributed by atoms with Crippen LogP contribution in [-0.2, 0) is 5.41 Å². The zero-order valence-electron chi connectivity index (χ0n) is 16.2. The van der Waals surface area contributed by atoms with Crippen molar-refractivity contribution >= 4 is 11.0 Å². The van der Waals surface area contributed by atoms with E-state index in [0.29, 0.717) is 0 Å². The maximum Gasteiger partial charge on any atom is 0.159 e. The van der Waals surface area contributed by atoms with Gasteiger partial charge in [0.2, 0.25) is 0 Å². The third kappa shape index (κ3) is 2.97. The third-order valence-electron chi connectivity index (χ3n) is 4.58. The van der Waals surface area contributed by atoms with Crippen LogP contribution in [0.15, 0.2) is 43.1 Å². The van der Waals surface area contributed by atoms with Crippen LogP contribution < -0.4 is 0 Å². The summed E-state index contributed by atoms with van der Waals surface area (Å²) in [5.74, 6) is 1.57. The number of aryl methyl sites for hydroxylation is 2. The largest absolute Gasteiger partial charge is 0.282 e. The lowest BCUT2D eigenvalue weighted by atomic mass is 9.83. The Balaban J connectivity index is 2.06. The highest BCUT2D eigenvalue weighted by molar-refractivity contribution is 5.92. The van der Waals surface area contributed by atoms with Crippen molar-refractivity contribution in [1.82, 2.24) is 29.5 Å². The van der Waals surface area contributed by atoms with Gasteiger partial charge in [0.25, 0.3) is 0 Å². The van der Waals surface area contributed by atoms with Gasteiger partial charge in [-0.2, -0.15) is 0 Å². The number of hydrogen-bond donors (Lipinski definition) is 0. The lowest BCUT2D eigenvalue weighted by Gasteiger charge is -2.24. The van der Waals surface area contributed by atoms with Crippen LogP contribution in [0.4, 0.5) is 0 Å². The number of rotatable bonds is 2. The van der Waals surface area contributed by atoms with Gasteiger partial charge in [0.1, 0.15) is 5.82 Å². The fourth-order valence-corrected chi connectivity index (χ4v) is 3.38. The second kappa shape index (κ2) is 6.23. The van der Waals surface area contributed by atoms with Crippen LogP contribution in [0.1, 0.15) is 37.7 Å². The molecule has 0 atom stereocenters. The molecular formula is C21H22N6. The second-order valence-corrected chi connectivity index (χ2v) is 7.70. The molecule has 3 aromatic heterocycles. The highest BCUT2D eigenvalue weighted by Gasteiger charge is 2.25. The molecule has 0 aliphatic carbocycles. The lowest BCUT2D eigenvalue weighted by Crippen LogP contribution is -2.15. The molecule has 1 aromatic carbocycles. The number of imidazole rings is 1. The Kier molecular flexibility index (Phi) is 3.98. The van der Waals surface area contributed by atoms with Gasteiger partial charge in [0, 0.05) is 30.4 Å². The summed E-state index contributed by atoms with van der Waals surface area (Å²) in [7, 11) is 0. The van der Waals surface area contributed by atoms with Crippen molar-refractivity contribution in [3.05, 3.63) is 60.1 Å². The van der Waals surface area contributed by atoms with Crippen molar-refractivity contribution in [3.8, 4) is 17.2 Å². The van der Waals surface area contributed by atoms with Gasteiger partial charge in [0.15, 0.2) is 5.82 Å². The Bertz CT molecular complexity index is 1140. The van der Waals surface area contributed by atoms with Gasteiger partial charge in [-0.25, -0.2) is 9.97 Å². The van der Waals surface area contributed by atoms with E-state index in [-0.39, 0.29) is 5.41 Å². The van der Waals surface area contributed by atoms with Crippen LogP contribution in [0.2, 0.25) is 0 Å². The Morgan fingerprint density at radius 1 is 0.889 bits per heavy atom. The Morgan fingerprint density at radius 2 is 1.67 bits per heavy atom. The van der Waals surface area contributed by atoms with Crippen molar-refractivity contribution < 1.29 is 0 Å². The maximum absolute atomic E-state index is 4.68. The van der Waals surface area contributed by atoms with Gasteiger partial charge >= 0.3 is 0 Å². The summed E-state index contributed by atoms with van der Waals surface area (Å²) in [4.78, 5) is 22.9. The van der Waals surface area contributed by atoms with Crippen molar-refractivity contribution in [2.45, 2.75) is 40.0 Å². The average Bonchev–Trinajstić information content (AvgIpc) is 3.09. The van der Waals surface area contributed by atoms with Crippen molar-refractivity contribution in [2.75, 3.05) is 0 Å². The molecule has 136 valence electrons. The number of fused-ring (bicyclic) bond motifs is 1. The van der Waals surface area contributed by atoms with Crippen LogP contribution in [-0.4, -0.2) is 29.5 Å². The zero-order valence-corrected chi connectivity index (χ0v) is 16.2. The first-order valence-electron chi connectivity index (χ1n) is 8.95. The van der Waals surface area contributed by atoms with Gasteiger partial charge in [-0.3, -0.25) is 19.5 Å². The Labute approximate surface area is 158 Å². The molecule has 0 amide bonds. The molecule has 0 spiro atoms. The van der Waals surface area contributed by atoms with Crippen molar-refractivity contribution in [2.24, 2.45) is 0 Å². The standard InChI is InChI=1S/C21H22N6/c1-13-12-25-19(14(2)26-13)27-11-10-24-20(27)17-15(21(3,4)5)6-7-16-18(17)23-9-8-22-16/h6-12H,1-5H3. The SMILES string of the molecule is Cc1cnc(-n2ccnc2-c2c(C(C)(C)C)ccc3nccnc23)c(C)n1.